The van der Waals surface area contributed by atoms with Crippen molar-refractivity contribution in [1.82, 2.24) is 20.9 Å². The van der Waals surface area contributed by atoms with Crippen LogP contribution in [0.4, 0.5) is 4.39 Å². The highest BCUT2D eigenvalue weighted by Gasteiger charge is 2.49. The molecule has 3 N–H and O–H groups in total. The molecule has 3 amide bonds. The van der Waals surface area contributed by atoms with Gasteiger partial charge in [0.1, 0.15) is 11.9 Å². The molecule has 234 valence electrons. The van der Waals surface area contributed by atoms with Crippen molar-refractivity contribution < 1.29 is 18.8 Å². The van der Waals surface area contributed by atoms with Crippen LogP contribution in [0, 0.1) is 29.0 Å². The first kappa shape index (κ1) is 32.4. The Morgan fingerprint density at radius 1 is 1.00 bits per heavy atom. The van der Waals surface area contributed by atoms with Crippen molar-refractivity contribution in [1.29, 1.82) is 0 Å². The number of nitrogens with one attached hydrogen (secondary N) is 3. The average molecular weight is 585 g/mol. The second kappa shape index (κ2) is 13.9. The number of piperidine rings is 1. The zero-order chi connectivity index (χ0) is 30.5. The van der Waals surface area contributed by atoms with E-state index in [1.165, 1.54) is 18.6 Å². The lowest BCUT2D eigenvalue weighted by atomic mass is 9.63. The van der Waals surface area contributed by atoms with Crippen molar-refractivity contribution in [2.75, 3.05) is 20.1 Å². The topological polar surface area (TPSA) is 90.5 Å². The number of rotatable bonds is 8. The van der Waals surface area contributed by atoms with Crippen LogP contribution in [0.25, 0.3) is 0 Å². The Kier molecular flexibility index (Phi) is 10.7. The fourth-order valence-corrected chi connectivity index (χ4v) is 7.64. The summed E-state index contributed by atoms with van der Waals surface area (Å²) in [5.74, 6) is 0.143. The van der Waals surface area contributed by atoms with Gasteiger partial charge < -0.3 is 20.9 Å². The second-order valence-electron chi connectivity index (χ2n) is 14.3. The minimum Gasteiger partial charge on any atom is -0.351 e. The second-order valence-corrected chi connectivity index (χ2v) is 14.3. The maximum Gasteiger partial charge on any atom is 0.245 e. The van der Waals surface area contributed by atoms with Gasteiger partial charge in [0.05, 0.1) is 11.3 Å². The van der Waals surface area contributed by atoms with Gasteiger partial charge >= 0.3 is 0 Å². The zero-order valence-corrected chi connectivity index (χ0v) is 26.4. The highest BCUT2D eigenvalue weighted by molar-refractivity contribution is 5.90. The number of benzene rings is 1. The highest BCUT2D eigenvalue weighted by Crippen LogP contribution is 2.46. The molecule has 7 nitrogen and oxygen atoms in total. The standard InChI is InChI=1S/C34H53FN4O3/c1-23-11-16-28(36-5)27(21-23)30(40)37-29(22-24-12-14-26(35)15-13-24)31(41)39-19-17-34(18-20-39,25-9-7-6-8-10-25)32(42)38-33(2,3)4/h12-15,23,25,27-29,36H,6-11,16-22H2,1-5H3,(H,37,40)(H,38,42)/t23-,27+,28+,29-/m1/s1. The van der Waals surface area contributed by atoms with Gasteiger partial charge in [-0.05, 0) is 102 Å². The summed E-state index contributed by atoms with van der Waals surface area (Å²) < 4.78 is 13.7. The number of halogens is 1. The third-order valence-electron chi connectivity index (χ3n) is 10.1. The molecule has 1 saturated heterocycles. The van der Waals surface area contributed by atoms with Crippen LogP contribution in [0.3, 0.4) is 0 Å². The van der Waals surface area contributed by atoms with Crippen molar-refractivity contribution in [3.05, 3.63) is 35.6 Å². The number of likely N-dealkylation sites (tertiary alicyclic amines) is 1. The highest BCUT2D eigenvalue weighted by atomic mass is 19.1. The van der Waals surface area contributed by atoms with Gasteiger partial charge in [0, 0.05) is 31.1 Å². The molecule has 0 spiro atoms. The SMILES string of the molecule is CN[C@H]1CC[C@@H](C)C[C@@H]1C(=O)N[C@H](Cc1ccc(F)cc1)C(=O)N1CCC(C(=O)NC(C)(C)C)(C2CCCCC2)CC1. The molecular formula is C34H53FN4O3. The Hall–Kier alpha value is -2.48. The van der Waals surface area contributed by atoms with Crippen LogP contribution in [-0.4, -0.2) is 60.4 Å². The fraction of sp³-hybridized carbons (Fsp3) is 0.735. The molecule has 2 aliphatic carbocycles. The zero-order valence-electron chi connectivity index (χ0n) is 26.4. The first-order valence-electron chi connectivity index (χ1n) is 16.3. The van der Waals surface area contributed by atoms with Gasteiger partial charge in [0.2, 0.25) is 17.7 Å². The molecule has 4 atom stereocenters. The Balaban J connectivity index is 1.52. The summed E-state index contributed by atoms with van der Waals surface area (Å²) in [5, 5.41) is 9.71. The predicted octanol–water partition coefficient (Wildman–Crippen LogP) is 4.98. The summed E-state index contributed by atoms with van der Waals surface area (Å²) in [7, 11) is 1.89. The van der Waals surface area contributed by atoms with Crippen molar-refractivity contribution in [3.63, 3.8) is 0 Å². The number of nitrogens with zero attached hydrogens (tertiary/aromatic N) is 1. The monoisotopic (exact) mass is 584 g/mol. The van der Waals surface area contributed by atoms with Crippen molar-refractivity contribution in [3.8, 4) is 0 Å². The van der Waals surface area contributed by atoms with E-state index in [-0.39, 0.29) is 41.0 Å². The predicted molar refractivity (Wildman–Crippen MR) is 164 cm³/mol. The number of carbonyl (C=O) groups is 3. The molecule has 42 heavy (non-hydrogen) atoms. The van der Waals surface area contributed by atoms with Gasteiger partial charge in [0.25, 0.3) is 0 Å². The van der Waals surface area contributed by atoms with Gasteiger partial charge in [-0.3, -0.25) is 14.4 Å². The maximum atomic E-state index is 14.1. The Morgan fingerprint density at radius 3 is 2.24 bits per heavy atom. The van der Waals surface area contributed by atoms with E-state index in [0.717, 1.165) is 50.5 Å². The van der Waals surface area contributed by atoms with Crippen LogP contribution in [0.2, 0.25) is 0 Å². The third kappa shape index (κ3) is 7.91. The lowest BCUT2D eigenvalue weighted by molar-refractivity contribution is -0.147. The van der Waals surface area contributed by atoms with Gasteiger partial charge in [-0.2, -0.15) is 0 Å². The van der Waals surface area contributed by atoms with Crippen LogP contribution in [-0.2, 0) is 20.8 Å². The Labute approximate surface area is 252 Å². The van der Waals surface area contributed by atoms with E-state index in [2.05, 4.69) is 22.9 Å². The molecule has 0 unspecified atom stereocenters. The van der Waals surface area contributed by atoms with Crippen LogP contribution in [0.15, 0.2) is 24.3 Å². The molecule has 3 aliphatic rings. The molecule has 4 rings (SSSR count). The normalized spacial score (nSPS) is 25.9. The Bertz CT molecular complexity index is 1070. The van der Waals surface area contributed by atoms with E-state index >= 15 is 0 Å². The Morgan fingerprint density at radius 2 is 1.64 bits per heavy atom. The van der Waals surface area contributed by atoms with E-state index in [1.807, 2.05) is 32.7 Å². The van der Waals surface area contributed by atoms with Gasteiger partial charge in [-0.1, -0.05) is 38.3 Å². The van der Waals surface area contributed by atoms with Gasteiger partial charge in [0.15, 0.2) is 0 Å². The quantitative estimate of drug-likeness (QED) is 0.402. The molecule has 1 heterocycles. The number of carbonyl (C=O) groups excluding carboxylic acids is 3. The molecule has 2 saturated carbocycles. The van der Waals surface area contributed by atoms with E-state index in [4.69, 9.17) is 0 Å². The third-order valence-corrected chi connectivity index (χ3v) is 10.1. The molecule has 1 aromatic carbocycles. The van der Waals surface area contributed by atoms with Crippen molar-refractivity contribution in [2.45, 2.75) is 116 Å². The first-order valence-corrected chi connectivity index (χ1v) is 16.3. The molecule has 0 radical (unpaired) electrons. The van der Waals surface area contributed by atoms with E-state index in [1.54, 1.807) is 12.1 Å². The lowest BCUT2D eigenvalue weighted by Crippen LogP contribution is -2.59. The summed E-state index contributed by atoms with van der Waals surface area (Å²) in [6.07, 6.45) is 9.98. The van der Waals surface area contributed by atoms with Crippen molar-refractivity contribution in [2.24, 2.45) is 23.2 Å². The van der Waals surface area contributed by atoms with E-state index < -0.39 is 11.5 Å². The number of hydrogen-bond acceptors (Lipinski definition) is 4. The summed E-state index contributed by atoms with van der Waals surface area (Å²) in [5.41, 5.74) is 0.00610. The smallest absolute Gasteiger partial charge is 0.245 e. The summed E-state index contributed by atoms with van der Waals surface area (Å²) in [4.78, 5) is 43.4. The molecule has 8 heteroatoms. The van der Waals surface area contributed by atoms with E-state index in [9.17, 15) is 18.8 Å². The average Bonchev–Trinajstić information content (AvgIpc) is 2.97. The fourth-order valence-electron chi connectivity index (χ4n) is 7.64. The molecular weight excluding hydrogens is 531 g/mol. The summed E-state index contributed by atoms with van der Waals surface area (Å²) in [6.45, 7) is 9.21. The van der Waals surface area contributed by atoms with Crippen LogP contribution >= 0.6 is 0 Å². The summed E-state index contributed by atoms with van der Waals surface area (Å²) in [6, 6.07) is 5.49. The first-order chi connectivity index (χ1) is 19.9. The van der Waals surface area contributed by atoms with Crippen LogP contribution in [0.1, 0.15) is 97.5 Å². The van der Waals surface area contributed by atoms with Crippen LogP contribution < -0.4 is 16.0 Å². The van der Waals surface area contributed by atoms with Crippen molar-refractivity contribution >= 4 is 17.7 Å². The molecule has 0 aromatic heterocycles. The maximum absolute atomic E-state index is 14.1. The molecule has 1 aromatic rings. The largest absolute Gasteiger partial charge is 0.351 e. The van der Waals surface area contributed by atoms with Gasteiger partial charge in [-0.15, -0.1) is 0 Å². The summed E-state index contributed by atoms with van der Waals surface area (Å²) >= 11 is 0. The number of amides is 3. The van der Waals surface area contributed by atoms with Crippen LogP contribution in [0.5, 0.6) is 0 Å². The van der Waals surface area contributed by atoms with E-state index in [0.29, 0.717) is 44.2 Å². The number of hydrogen-bond donors (Lipinski definition) is 3. The molecule has 3 fully saturated rings. The van der Waals surface area contributed by atoms with Gasteiger partial charge in [-0.25, -0.2) is 4.39 Å². The molecule has 0 bridgehead atoms. The minimum absolute atomic E-state index is 0.0789. The minimum atomic E-state index is -0.747. The lowest BCUT2D eigenvalue weighted by Gasteiger charge is -2.48. The molecule has 1 aliphatic heterocycles.